The van der Waals surface area contributed by atoms with Crippen molar-refractivity contribution < 1.29 is 4.79 Å². The molecule has 1 saturated carbocycles. The van der Waals surface area contributed by atoms with Crippen LogP contribution in [0.1, 0.15) is 28.8 Å². The summed E-state index contributed by atoms with van der Waals surface area (Å²) in [7, 11) is 0. The first-order valence-corrected chi connectivity index (χ1v) is 4.72. The quantitative estimate of drug-likeness (QED) is 0.537. The monoisotopic (exact) mass is 195 g/mol. The molecule has 1 aliphatic carbocycles. The fraction of sp³-hybridized carbons (Fsp3) is 0.400. The van der Waals surface area contributed by atoms with Crippen molar-refractivity contribution in [2.24, 2.45) is 5.92 Å². The number of rotatable bonds is 2. The maximum atomic E-state index is 11.6. The molecule has 0 spiro atoms. The van der Waals surface area contributed by atoms with E-state index in [4.69, 9.17) is 11.6 Å². The van der Waals surface area contributed by atoms with Crippen LogP contribution in [0.2, 0.25) is 5.15 Å². The summed E-state index contributed by atoms with van der Waals surface area (Å²) in [6.45, 7) is 1.86. The number of nitrogens with zero attached hydrogens (tertiary/aromatic N) is 1. The molecule has 13 heavy (non-hydrogen) atoms. The third-order valence-corrected chi connectivity index (χ3v) is 2.64. The fourth-order valence-corrected chi connectivity index (χ4v) is 1.38. The van der Waals surface area contributed by atoms with Crippen LogP contribution in [0.4, 0.5) is 0 Å². The first-order chi connectivity index (χ1) is 6.18. The Hall–Kier alpha value is -0.890. The van der Waals surface area contributed by atoms with Crippen LogP contribution in [0.15, 0.2) is 12.3 Å². The number of pyridine rings is 1. The molecule has 0 amide bonds. The summed E-state index contributed by atoms with van der Waals surface area (Å²) in [5.41, 5.74) is 1.57. The van der Waals surface area contributed by atoms with Crippen molar-refractivity contribution in [1.82, 2.24) is 4.98 Å². The molecule has 2 nitrogen and oxygen atoms in total. The molecule has 1 aromatic heterocycles. The number of halogens is 1. The maximum Gasteiger partial charge on any atom is 0.167 e. The average Bonchev–Trinajstić information content (AvgIpc) is 2.91. The summed E-state index contributed by atoms with van der Waals surface area (Å²) in [6, 6.07) is 1.82. The SMILES string of the molecule is Cc1cc(C(=O)C2CC2)cnc1Cl. The van der Waals surface area contributed by atoms with E-state index in [1.54, 1.807) is 6.20 Å². The van der Waals surface area contributed by atoms with Gasteiger partial charge in [-0.1, -0.05) is 11.6 Å². The summed E-state index contributed by atoms with van der Waals surface area (Å²) < 4.78 is 0. The molecule has 2 rings (SSSR count). The lowest BCUT2D eigenvalue weighted by Gasteiger charge is -2.00. The van der Waals surface area contributed by atoms with Crippen LogP contribution in [0.25, 0.3) is 0 Å². The minimum absolute atomic E-state index is 0.215. The van der Waals surface area contributed by atoms with Crippen molar-refractivity contribution in [3.8, 4) is 0 Å². The topological polar surface area (TPSA) is 30.0 Å². The molecule has 1 fully saturated rings. The Kier molecular flexibility index (Phi) is 2.08. The van der Waals surface area contributed by atoms with Crippen LogP contribution >= 0.6 is 11.6 Å². The van der Waals surface area contributed by atoms with Crippen LogP contribution in [0.5, 0.6) is 0 Å². The molecule has 0 bridgehead atoms. The number of hydrogen-bond donors (Lipinski definition) is 0. The normalized spacial score (nSPS) is 15.8. The van der Waals surface area contributed by atoms with Gasteiger partial charge < -0.3 is 0 Å². The Labute approximate surface area is 81.9 Å². The number of Topliss-reactive ketones (excluding diaryl/α,β-unsaturated/α-hetero) is 1. The Morgan fingerprint density at radius 1 is 1.62 bits per heavy atom. The average molecular weight is 196 g/mol. The summed E-state index contributed by atoms with van der Waals surface area (Å²) in [5, 5.41) is 0.479. The van der Waals surface area contributed by atoms with Gasteiger partial charge in [0.15, 0.2) is 5.78 Å². The van der Waals surface area contributed by atoms with Crippen molar-refractivity contribution in [3.05, 3.63) is 28.5 Å². The van der Waals surface area contributed by atoms with Crippen LogP contribution in [-0.2, 0) is 0 Å². The largest absolute Gasteiger partial charge is 0.294 e. The number of hydrogen-bond acceptors (Lipinski definition) is 2. The third-order valence-electron chi connectivity index (χ3n) is 2.25. The Balaban J connectivity index is 2.30. The zero-order valence-electron chi connectivity index (χ0n) is 7.38. The standard InChI is InChI=1S/C10H10ClNO/c1-6-4-8(5-12-10(6)11)9(13)7-2-3-7/h4-5,7H,2-3H2,1H3. The number of aryl methyl sites for hydroxylation is 1. The van der Waals surface area contributed by atoms with Crippen molar-refractivity contribution >= 4 is 17.4 Å². The van der Waals surface area contributed by atoms with E-state index in [0.717, 1.165) is 18.4 Å². The second kappa shape index (κ2) is 3.11. The smallest absolute Gasteiger partial charge is 0.167 e. The predicted octanol–water partition coefficient (Wildman–Crippen LogP) is 2.64. The minimum Gasteiger partial charge on any atom is -0.294 e. The van der Waals surface area contributed by atoms with Gasteiger partial charge in [-0.15, -0.1) is 0 Å². The Bertz CT molecular complexity index is 358. The highest BCUT2D eigenvalue weighted by molar-refractivity contribution is 6.30. The number of carbonyl (C=O) groups excluding carboxylic acids is 1. The summed E-state index contributed by atoms with van der Waals surface area (Å²) in [4.78, 5) is 15.5. The second-order valence-corrected chi connectivity index (χ2v) is 3.83. The highest BCUT2D eigenvalue weighted by atomic mass is 35.5. The van der Waals surface area contributed by atoms with Crippen molar-refractivity contribution in [1.29, 1.82) is 0 Å². The summed E-state index contributed by atoms with van der Waals surface area (Å²) in [5.74, 6) is 0.467. The highest BCUT2D eigenvalue weighted by Gasteiger charge is 2.30. The van der Waals surface area contributed by atoms with E-state index in [2.05, 4.69) is 4.98 Å². The van der Waals surface area contributed by atoms with Gasteiger partial charge in [-0.2, -0.15) is 0 Å². The van der Waals surface area contributed by atoms with Crippen LogP contribution < -0.4 is 0 Å². The highest BCUT2D eigenvalue weighted by Crippen LogP contribution is 2.32. The molecule has 0 aromatic carbocycles. The summed E-state index contributed by atoms with van der Waals surface area (Å²) in [6.07, 6.45) is 3.62. The molecule has 68 valence electrons. The lowest BCUT2D eigenvalue weighted by molar-refractivity contribution is 0.0967. The van der Waals surface area contributed by atoms with Gasteiger partial charge in [-0.05, 0) is 31.4 Å². The third kappa shape index (κ3) is 1.73. The number of ketones is 1. The number of aromatic nitrogens is 1. The van der Waals surface area contributed by atoms with Gasteiger partial charge in [0, 0.05) is 17.7 Å². The van der Waals surface area contributed by atoms with E-state index < -0.39 is 0 Å². The molecule has 0 atom stereocenters. The van der Waals surface area contributed by atoms with Gasteiger partial charge in [0.1, 0.15) is 5.15 Å². The molecule has 3 heteroatoms. The van der Waals surface area contributed by atoms with Crippen molar-refractivity contribution in [2.45, 2.75) is 19.8 Å². The lowest BCUT2D eigenvalue weighted by atomic mass is 10.1. The molecular formula is C10H10ClNO. The van der Waals surface area contributed by atoms with Gasteiger partial charge in [0.05, 0.1) is 0 Å². The molecule has 1 heterocycles. The van der Waals surface area contributed by atoms with Crippen LogP contribution in [-0.4, -0.2) is 10.8 Å². The first kappa shape index (κ1) is 8.70. The van der Waals surface area contributed by atoms with Gasteiger partial charge in [0.25, 0.3) is 0 Å². The molecule has 0 saturated heterocycles. The maximum absolute atomic E-state index is 11.6. The van der Waals surface area contributed by atoms with E-state index in [1.807, 2.05) is 13.0 Å². The zero-order valence-corrected chi connectivity index (χ0v) is 8.14. The van der Waals surface area contributed by atoms with E-state index in [1.165, 1.54) is 0 Å². The van der Waals surface area contributed by atoms with Gasteiger partial charge in [0.2, 0.25) is 0 Å². The fourth-order valence-electron chi connectivity index (χ4n) is 1.27. The van der Waals surface area contributed by atoms with Gasteiger partial charge in [-0.3, -0.25) is 4.79 Å². The van der Waals surface area contributed by atoms with E-state index in [-0.39, 0.29) is 11.7 Å². The Morgan fingerprint density at radius 3 is 2.85 bits per heavy atom. The van der Waals surface area contributed by atoms with Gasteiger partial charge in [-0.25, -0.2) is 4.98 Å². The van der Waals surface area contributed by atoms with E-state index >= 15 is 0 Å². The first-order valence-electron chi connectivity index (χ1n) is 4.35. The molecule has 0 aliphatic heterocycles. The molecular weight excluding hydrogens is 186 g/mol. The van der Waals surface area contributed by atoms with Crippen molar-refractivity contribution in [3.63, 3.8) is 0 Å². The lowest BCUT2D eigenvalue weighted by Crippen LogP contribution is -2.02. The second-order valence-electron chi connectivity index (χ2n) is 3.47. The predicted molar refractivity (Wildman–Crippen MR) is 51.0 cm³/mol. The van der Waals surface area contributed by atoms with Crippen LogP contribution in [0, 0.1) is 12.8 Å². The molecule has 1 aliphatic rings. The van der Waals surface area contributed by atoms with Crippen molar-refractivity contribution in [2.75, 3.05) is 0 Å². The molecule has 0 unspecified atom stereocenters. The number of carbonyl (C=O) groups is 1. The summed E-state index contributed by atoms with van der Waals surface area (Å²) >= 11 is 5.76. The molecule has 0 radical (unpaired) electrons. The van der Waals surface area contributed by atoms with Crippen LogP contribution in [0.3, 0.4) is 0 Å². The Morgan fingerprint density at radius 2 is 2.31 bits per heavy atom. The van der Waals surface area contributed by atoms with Gasteiger partial charge >= 0.3 is 0 Å². The minimum atomic E-state index is 0.215. The zero-order chi connectivity index (χ0) is 9.42. The molecule has 1 aromatic rings. The van der Waals surface area contributed by atoms with E-state index in [9.17, 15) is 4.79 Å². The van der Waals surface area contributed by atoms with E-state index in [0.29, 0.717) is 10.7 Å². The molecule has 0 N–H and O–H groups in total.